The van der Waals surface area contributed by atoms with Crippen LogP contribution in [0.3, 0.4) is 0 Å². The van der Waals surface area contributed by atoms with Gasteiger partial charge in [0.2, 0.25) is 0 Å². The van der Waals surface area contributed by atoms with Crippen LogP contribution in [0.5, 0.6) is 23.0 Å². The molecule has 0 unspecified atom stereocenters. The number of hydrogen-bond donors (Lipinski definition) is 0. The molecule has 5 heteroatoms. The SMILES string of the molecule is c1ccc(N(c2cccc3ccccc23)c2cc3sc4cc5c(cc4c3c3ccccc23)Oc2cccc3c2B5c2ccccc2O3)cc1. The summed E-state index contributed by atoms with van der Waals surface area (Å²) >= 11 is 1.86. The van der Waals surface area contributed by atoms with Crippen LogP contribution < -0.4 is 30.8 Å². The third-order valence-corrected chi connectivity index (χ3v) is 11.2. The molecule has 0 radical (unpaired) electrons. The Hall–Kier alpha value is -6.04. The average molecular weight is 644 g/mol. The van der Waals surface area contributed by atoms with Crippen LogP contribution >= 0.6 is 11.3 Å². The van der Waals surface area contributed by atoms with Crippen LogP contribution in [-0.2, 0) is 0 Å². The van der Waals surface area contributed by atoms with E-state index in [4.69, 9.17) is 9.47 Å². The predicted molar refractivity (Wildman–Crippen MR) is 207 cm³/mol. The van der Waals surface area contributed by atoms with Gasteiger partial charge in [-0.15, -0.1) is 11.3 Å². The minimum atomic E-state index is 0.0433. The van der Waals surface area contributed by atoms with Gasteiger partial charge in [0, 0.05) is 42.1 Å². The maximum atomic E-state index is 6.71. The Balaban J connectivity index is 1.19. The maximum absolute atomic E-state index is 6.71. The van der Waals surface area contributed by atoms with Crippen molar-refractivity contribution < 1.29 is 9.47 Å². The summed E-state index contributed by atoms with van der Waals surface area (Å²) in [5.41, 5.74) is 6.91. The molecule has 0 aliphatic carbocycles. The van der Waals surface area contributed by atoms with Crippen molar-refractivity contribution in [2.45, 2.75) is 0 Å². The Kier molecular flexibility index (Phi) is 5.63. The first kappa shape index (κ1) is 27.0. The van der Waals surface area contributed by atoms with Gasteiger partial charge in [-0.3, -0.25) is 0 Å². The van der Waals surface area contributed by atoms with E-state index in [0.717, 1.165) is 45.5 Å². The Morgan fingerprint density at radius 1 is 0.449 bits per heavy atom. The van der Waals surface area contributed by atoms with E-state index < -0.39 is 0 Å². The number of thiophene rings is 1. The van der Waals surface area contributed by atoms with Crippen LogP contribution in [-0.4, -0.2) is 6.71 Å². The maximum Gasteiger partial charge on any atom is 0.260 e. The van der Waals surface area contributed by atoms with Gasteiger partial charge in [-0.05, 0) is 76.3 Å². The summed E-state index contributed by atoms with van der Waals surface area (Å²) in [5.74, 6) is 3.55. The molecule has 0 saturated carbocycles. The average Bonchev–Trinajstić information content (AvgIpc) is 3.52. The van der Waals surface area contributed by atoms with E-state index >= 15 is 0 Å². The second kappa shape index (κ2) is 10.2. The number of hydrogen-bond acceptors (Lipinski definition) is 4. The number of nitrogens with zero attached hydrogens (tertiary/aromatic N) is 1. The van der Waals surface area contributed by atoms with Crippen LogP contribution in [0.15, 0.2) is 158 Å². The molecule has 2 aliphatic rings. The lowest BCUT2D eigenvalue weighted by molar-refractivity contribution is 0.465. The molecule has 3 heterocycles. The molecule has 0 fully saturated rings. The smallest absolute Gasteiger partial charge is 0.260 e. The molecule has 1 aromatic heterocycles. The highest BCUT2D eigenvalue weighted by Gasteiger charge is 2.40. The summed E-state index contributed by atoms with van der Waals surface area (Å²) in [6, 6.07) is 56.4. The zero-order valence-electron chi connectivity index (χ0n) is 26.3. The van der Waals surface area contributed by atoms with Crippen molar-refractivity contribution in [2.75, 3.05) is 4.90 Å². The van der Waals surface area contributed by atoms with Crippen LogP contribution in [0.25, 0.3) is 41.7 Å². The molecule has 0 saturated heterocycles. The van der Waals surface area contributed by atoms with Gasteiger partial charge in [0.05, 0.1) is 11.4 Å². The third-order valence-electron chi connectivity index (χ3n) is 10.1. The lowest BCUT2D eigenvalue weighted by Crippen LogP contribution is -2.57. The van der Waals surface area contributed by atoms with Gasteiger partial charge in [0.1, 0.15) is 23.0 Å². The van der Waals surface area contributed by atoms with Crippen molar-refractivity contribution in [1.82, 2.24) is 0 Å². The molecule has 8 aromatic carbocycles. The van der Waals surface area contributed by atoms with Gasteiger partial charge in [-0.2, -0.15) is 0 Å². The highest BCUT2D eigenvalue weighted by molar-refractivity contribution is 7.26. The van der Waals surface area contributed by atoms with Crippen LogP contribution in [0, 0.1) is 0 Å². The lowest BCUT2D eigenvalue weighted by Gasteiger charge is -2.32. The molecule has 228 valence electrons. The molecule has 11 rings (SSSR count). The number of fused-ring (bicyclic) bond motifs is 10. The molecular weight excluding hydrogens is 617 g/mol. The summed E-state index contributed by atoms with van der Waals surface area (Å²) in [4.78, 5) is 2.43. The molecule has 0 spiro atoms. The van der Waals surface area contributed by atoms with E-state index in [-0.39, 0.29) is 6.71 Å². The summed E-state index contributed by atoms with van der Waals surface area (Å²) in [6.07, 6.45) is 0. The fourth-order valence-corrected chi connectivity index (χ4v) is 9.25. The summed E-state index contributed by atoms with van der Waals surface area (Å²) < 4.78 is 15.6. The Bertz CT molecular complexity index is 2800. The van der Waals surface area contributed by atoms with Crippen molar-refractivity contribution >= 4 is 93.2 Å². The zero-order valence-corrected chi connectivity index (χ0v) is 27.1. The number of benzene rings is 8. The summed E-state index contributed by atoms with van der Waals surface area (Å²) in [6.45, 7) is 0.0433. The Morgan fingerprint density at radius 2 is 1.12 bits per heavy atom. The highest BCUT2D eigenvalue weighted by atomic mass is 32.1. The van der Waals surface area contributed by atoms with Gasteiger partial charge in [0.15, 0.2) is 0 Å². The minimum Gasteiger partial charge on any atom is -0.458 e. The fraction of sp³-hybridized carbons (Fsp3) is 0. The fourth-order valence-electron chi connectivity index (χ4n) is 8.06. The molecule has 9 aromatic rings. The third kappa shape index (κ3) is 3.91. The lowest BCUT2D eigenvalue weighted by atomic mass is 9.35. The monoisotopic (exact) mass is 643 g/mol. The standard InChI is InChI=1S/C44H26BNO2S/c1-2-14-28(15-3-1)46(35-20-10-13-27-12-4-5-16-29(27)35)36-26-42-43(31-18-7-6-17-30(31)36)32-24-40-34(25-41(32)49-42)45-33-19-8-9-21-37(33)47-38-22-11-23-39(48-40)44(38)45/h1-26H. The minimum absolute atomic E-state index is 0.0433. The van der Waals surface area contributed by atoms with Crippen LogP contribution in [0.4, 0.5) is 17.1 Å². The Morgan fingerprint density at radius 3 is 2.00 bits per heavy atom. The van der Waals surface area contributed by atoms with E-state index in [9.17, 15) is 0 Å². The van der Waals surface area contributed by atoms with Crippen molar-refractivity contribution in [1.29, 1.82) is 0 Å². The van der Waals surface area contributed by atoms with Gasteiger partial charge in [-0.25, -0.2) is 0 Å². The van der Waals surface area contributed by atoms with Gasteiger partial charge in [-0.1, -0.05) is 103 Å². The molecule has 2 aliphatic heterocycles. The van der Waals surface area contributed by atoms with Crippen molar-refractivity contribution in [3.05, 3.63) is 158 Å². The molecule has 49 heavy (non-hydrogen) atoms. The van der Waals surface area contributed by atoms with Crippen molar-refractivity contribution in [3.63, 3.8) is 0 Å². The summed E-state index contributed by atoms with van der Waals surface area (Å²) in [7, 11) is 0. The normalized spacial score (nSPS) is 12.8. The molecule has 0 amide bonds. The molecular formula is C44H26BNO2S. The van der Waals surface area contributed by atoms with Gasteiger partial charge in [0.25, 0.3) is 6.71 Å². The largest absolute Gasteiger partial charge is 0.458 e. The topological polar surface area (TPSA) is 21.7 Å². The van der Waals surface area contributed by atoms with E-state index in [0.29, 0.717) is 0 Å². The highest BCUT2D eigenvalue weighted by Crippen LogP contribution is 2.48. The molecule has 3 nitrogen and oxygen atoms in total. The second-order valence-corrected chi connectivity index (χ2v) is 13.9. The van der Waals surface area contributed by atoms with Crippen molar-refractivity contribution in [2.24, 2.45) is 0 Å². The number of rotatable bonds is 3. The quantitative estimate of drug-likeness (QED) is 0.179. The van der Waals surface area contributed by atoms with E-state index in [1.807, 2.05) is 23.5 Å². The van der Waals surface area contributed by atoms with Crippen LogP contribution in [0.1, 0.15) is 0 Å². The number of anilines is 3. The van der Waals surface area contributed by atoms with E-state index in [1.54, 1.807) is 0 Å². The molecule has 0 N–H and O–H groups in total. The van der Waals surface area contributed by atoms with Gasteiger partial charge >= 0.3 is 0 Å². The first-order chi connectivity index (χ1) is 24.3. The Labute approximate surface area is 287 Å². The first-order valence-corrected chi connectivity index (χ1v) is 17.4. The van der Waals surface area contributed by atoms with Gasteiger partial charge < -0.3 is 14.4 Å². The van der Waals surface area contributed by atoms with Crippen LogP contribution in [0.2, 0.25) is 0 Å². The van der Waals surface area contributed by atoms with E-state index in [2.05, 4.69) is 150 Å². The van der Waals surface area contributed by atoms with Crippen molar-refractivity contribution in [3.8, 4) is 23.0 Å². The second-order valence-electron chi connectivity index (χ2n) is 12.8. The molecule has 0 atom stereocenters. The number of ether oxygens (including phenoxy) is 2. The summed E-state index contributed by atoms with van der Waals surface area (Å²) in [5, 5.41) is 7.37. The van der Waals surface area contributed by atoms with E-state index in [1.165, 1.54) is 52.6 Å². The number of para-hydroxylation sites is 2. The first-order valence-electron chi connectivity index (χ1n) is 16.6. The predicted octanol–water partition coefficient (Wildman–Crippen LogP) is 10.6. The molecule has 0 bridgehead atoms. The zero-order chi connectivity index (χ0) is 32.1.